The molecule has 0 aliphatic carbocycles. The van der Waals surface area contributed by atoms with Crippen LogP contribution in [-0.2, 0) is 4.74 Å². The largest absolute Gasteiger partial charge is 0.504 e. The molecule has 0 saturated heterocycles. The van der Waals surface area contributed by atoms with Gasteiger partial charge in [-0.25, -0.2) is 4.39 Å². The molecule has 1 aromatic carbocycles. The Morgan fingerprint density at radius 2 is 2.15 bits per heavy atom. The second-order valence-corrected chi connectivity index (χ2v) is 4.32. The van der Waals surface area contributed by atoms with E-state index in [0.717, 1.165) is 0 Å². The van der Waals surface area contributed by atoms with Gasteiger partial charge in [-0.1, -0.05) is 12.1 Å². The number of ether oxygens (including phenoxy) is 1. The minimum atomic E-state index is -0.417. The number of nitrogen functional groups attached to an aromatic ring is 1. The molecule has 20 heavy (non-hydrogen) atoms. The summed E-state index contributed by atoms with van der Waals surface area (Å²) in [5, 5.41) is 10.3. The summed E-state index contributed by atoms with van der Waals surface area (Å²) in [5.74, 6) is -0.0256. The summed E-state index contributed by atoms with van der Waals surface area (Å²) in [4.78, 5) is 0. The zero-order chi connectivity index (χ0) is 14.1. The van der Waals surface area contributed by atoms with Crippen molar-refractivity contribution in [1.82, 2.24) is 0 Å². The van der Waals surface area contributed by atoms with Crippen LogP contribution in [0.5, 0.6) is 5.75 Å². The third-order valence-electron chi connectivity index (χ3n) is 2.98. The van der Waals surface area contributed by atoms with E-state index in [0.29, 0.717) is 17.7 Å². The first-order valence-electron chi connectivity index (χ1n) is 6.06. The molecule has 3 N–H and O–H groups in total. The molecule has 0 bridgehead atoms. The van der Waals surface area contributed by atoms with Gasteiger partial charge in [0.1, 0.15) is 5.82 Å². The first kappa shape index (κ1) is 12.3. The van der Waals surface area contributed by atoms with Crippen LogP contribution in [0, 0.1) is 5.82 Å². The molecule has 4 nitrogen and oxygen atoms in total. The highest BCUT2D eigenvalue weighted by atomic mass is 19.1. The summed E-state index contributed by atoms with van der Waals surface area (Å²) in [6.07, 6.45) is 5.76. The van der Waals surface area contributed by atoms with E-state index < -0.39 is 5.82 Å². The predicted octanol–water partition coefficient (Wildman–Crippen LogP) is 3.65. The van der Waals surface area contributed by atoms with Crippen molar-refractivity contribution in [3.63, 3.8) is 0 Å². The average Bonchev–Trinajstić information content (AvgIpc) is 2.75. The maximum Gasteiger partial charge on any atom is 0.213 e. The van der Waals surface area contributed by atoms with E-state index in [2.05, 4.69) is 0 Å². The standard InChI is InChI=1S/C15H12FNO3/c16-10-5-3-4-9(8-10)12-13(18)14(20-15(12)17)11-6-1-2-7-19-11/h2-8,18H,1,17H2. The fourth-order valence-electron chi connectivity index (χ4n) is 2.08. The van der Waals surface area contributed by atoms with Crippen LogP contribution in [0.1, 0.15) is 12.2 Å². The van der Waals surface area contributed by atoms with Crippen LogP contribution in [0.3, 0.4) is 0 Å². The molecule has 1 aromatic heterocycles. The summed E-state index contributed by atoms with van der Waals surface area (Å²) in [6.45, 7) is 0. The molecule has 5 heteroatoms. The number of allylic oxidation sites excluding steroid dienone is 2. The number of furan rings is 1. The fraction of sp³-hybridized carbons (Fsp3) is 0.0667. The van der Waals surface area contributed by atoms with Gasteiger partial charge in [0.15, 0.2) is 11.5 Å². The third-order valence-corrected chi connectivity index (χ3v) is 2.98. The number of halogens is 1. The number of aromatic hydroxyl groups is 1. The molecule has 102 valence electrons. The molecule has 2 aromatic rings. The quantitative estimate of drug-likeness (QED) is 0.876. The van der Waals surface area contributed by atoms with E-state index in [1.807, 2.05) is 6.08 Å². The lowest BCUT2D eigenvalue weighted by Crippen LogP contribution is -1.88. The molecule has 1 aliphatic rings. The highest BCUT2D eigenvalue weighted by molar-refractivity contribution is 5.84. The maximum atomic E-state index is 13.3. The lowest BCUT2D eigenvalue weighted by molar-refractivity contribution is 0.388. The van der Waals surface area contributed by atoms with E-state index in [1.165, 1.54) is 24.5 Å². The molecule has 0 unspecified atom stereocenters. The van der Waals surface area contributed by atoms with E-state index in [4.69, 9.17) is 14.9 Å². The Kier molecular flexibility index (Phi) is 2.95. The van der Waals surface area contributed by atoms with E-state index in [1.54, 1.807) is 12.1 Å². The number of rotatable bonds is 2. The van der Waals surface area contributed by atoms with Gasteiger partial charge in [0, 0.05) is 0 Å². The van der Waals surface area contributed by atoms with Gasteiger partial charge in [0.2, 0.25) is 11.6 Å². The highest BCUT2D eigenvalue weighted by Crippen LogP contribution is 2.43. The smallest absolute Gasteiger partial charge is 0.213 e. The summed E-state index contributed by atoms with van der Waals surface area (Å²) >= 11 is 0. The lowest BCUT2D eigenvalue weighted by Gasteiger charge is -2.07. The van der Waals surface area contributed by atoms with Gasteiger partial charge < -0.3 is 20.0 Å². The Hall–Kier alpha value is -2.69. The topological polar surface area (TPSA) is 68.6 Å². The van der Waals surface area contributed by atoms with Gasteiger partial charge in [0.25, 0.3) is 0 Å². The van der Waals surface area contributed by atoms with E-state index in [9.17, 15) is 9.50 Å². The molecule has 0 amide bonds. The minimum Gasteiger partial charge on any atom is -0.504 e. The molecule has 2 heterocycles. The van der Waals surface area contributed by atoms with Crippen molar-refractivity contribution < 1.29 is 18.7 Å². The molecule has 1 aliphatic heterocycles. The molecular weight excluding hydrogens is 261 g/mol. The normalized spacial score (nSPS) is 13.9. The second kappa shape index (κ2) is 4.77. The van der Waals surface area contributed by atoms with Crippen molar-refractivity contribution >= 4 is 11.6 Å². The van der Waals surface area contributed by atoms with Crippen LogP contribution < -0.4 is 5.73 Å². The molecular formula is C15H12FNO3. The predicted molar refractivity (Wildman–Crippen MR) is 73.0 cm³/mol. The van der Waals surface area contributed by atoms with E-state index >= 15 is 0 Å². The van der Waals surface area contributed by atoms with Gasteiger partial charge in [-0.3, -0.25) is 0 Å². The third kappa shape index (κ3) is 2.03. The molecule has 0 atom stereocenters. The van der Waals surface area contributed by atoms with Gasteiger partial charge in [0.05, 0.1) is 11.8 Å². The van der Waals surface area contributed by atoms with Gasteiger partial charge in [-0.15, -0.1) is 0 Å². The Labute approximate surface area is 114 Å². The number of benzene rings is 1. The zero-order valence-corrected chi connectivity index (χ0v) is 10.5. The van der Waals surface area contributed by atoms with Crippen molar-refractivity contribution in [2.75, 3.05) is 5.73 Å². The molecule has 3 rings (SSSR count). The molecule has 0 fully saturated rings. The monoisotopic (exact) mass is 273 g/mol. The summed E-state index contributed by atoms with van der Waals surface area (Å²) in [5.41, 5.74) is 6.49. The lowest BCUT2D eigenvalue weighted by atomic mass is 10.1. The van der Waals surface area contributed by atoms with Crippen LogP contribution in [-0.4, -0.2) is 5.11 Å². The van der Waals surface area contributed by atoms with Gasteiger partial charge in [-0.2, -0.15) is 0 Å². The second-order valence-electron chi connectivity index (χ2n) is 4.32. The van der Waals surface area contributed by atoms with E-state index in [-0.39, 0.29) is 23.0 Å². The molecule has 0 saturated carbocycles. The number of nitrogens with two attached hydrogens (primary N) is 1. The first-order valence-corrected chi connectivity index (χ1v) is 6.06. The Morgan fingerprint density at radius 1 is 1.30 bits per heavy atom. The summed E-state index contributed by atoms with van der Waals surface area (Å²) < 4.78 is 23.9. The molecule has 0 spiro atoms. The van der Waals surface area contributed by atoms with Gasteiger partial charge in [-0.05, 0) is 36.3 Å². The highest BCUT2D eigenvalue weighted by Gasteiger charge is 2.23. The SMILES string of the molecule is Nc1oc(C2=CCC=CO2)c(O)c1-c1cccc(F)c1. The van der Waals surface area contributed by atoms with Crippen molar-refractivity contribution in [2.45, 2.75) is 6.42 Å². The number of anilines is 1. The van der Waals surface area contributed by atoms with Crippen LogP contribution in [0.25, 0.3) is 16.9 Å². The van der Waals surface area contributed by atoms with Crippen LogP contribution in [0.2, 0.25) is 0 Å². The fourth-order valence-corrected chi connectivity index (χ4v) is 2.08. The maximum absolute atomic E-state index is 13.3. The Morgan fingerprint density at radius 3 is 2.85 bits per heavy atom. The zero-order valence-electron chi connectivity index (χ0n) is 10.5. The summed E-state index contributed by atoms with van der Waals surface area (Å²) in [6, 6.07) is 5.77. The van der Waals surface area contributed by atoms with Crippen LogP contribution in [0.4, 0.5) is 10.3 Å². The summed E-state index contributed by atoms with van der Waals surface area (Å²) in [7, 11) is 0. The number of hydrogen-bond acceptors (Lipinski definition) is 4. The Balaban J connectivity index is 2.09. The van der Waals surface area contributed by atoms with Crippen LogP contribution in [0.15, 0.2) is 47.1 Å². The van der Waals surface area contributed by atoms with Gasteiger partial charge >= 0.3 is 0 Å². The first-order chi connectivity index (χ1) is 9.66. The van der Waals surface area contributed by atoms with Crippen LogP contribution >= 0.6 is 0 Å². The minimum absolute atomic E-state index is 0.0159. The molecule has 0 radical (unpaired) electrons. The number of hydrogen-bond donors (Lipinski definition) is 2. The van der Waals surface area contributed by atoms with Crippen molar-refractivity contribution in [3.8, 4) is 16.9 Å². The Bertz CT molecular complexity index is 716. The van der Waals surface area contributed by atoms with Crippen molar-refractivity contribution in [1.29, 1.82) is 0 Å². The van der Waals surface area contributed by atoms with Crippen molar-refractivity contribution in [3.05, 3.63) is 54.3 Å². The average molecular weight is 273 g/mol. The van der Waals surface area contributed by atoms with Crippen molar-refractivity contribution in [2.24, 2.45) is 0 Å².